The second-order valence-corrected chi connectivity index (χ2v) is 9.06. The van der Waals surface area contributed by atoms with Crippen molar-refractivity contribution in [2.45, 2.75) is 25.6 Å². The third-order valence-corrected chi connectivity index (χ3v) is 6.33. The smallest absolute Gasteiger partial charge is 0.247 e. The zero-order valence-electron chi connectivity index (χ0n) is 21.2. The van der Waals surface area contributed by atoms with Gasteiger partial charge in [-0.3, -0.25) is 9.59 Å². The lowest BCUT2D eigenvalue weighted by atomic mass is 10.0. The average Bonchev–Trinajstić information content (AvgIpc) is 3.47. The molecule has 4 aromatic rings. The van der Waals surface area contributed by atoms with Crippen LogP contribution in [-0.4, -0.2) is 30.9 Å². The fourth-order valence-corrected chi connectivity index (χ4v) is 4.29. The summed E-state index contributed by atoms with van der Waals surface area (Å²) in [5.41, 5.74) is 2.27. The Kier molecular flexibility index (Phi) is 9.06. The molecule has 0 radical (unpaired) electrons. The van der Waals surface area contributed by atoms with E-state index in [-0.39, 0.29) is 31.3 Å². The molecule has 7 nitrogen and oxygen atoms in total. The van der Waals surface area contributed by atoms with Crippen molar-refractivity contribution in [2.24, 2.45) is 0 Å². The van der Waals surface area contributed by atoms with Gasteiger partial charge in [-0.05, 0) is 53.1 Å². The number of carbonyl (C=O) groups is 2. The number of halogens is 1. The van der Waals surface area contributed by atoms with E-state index in [1.807, 2.05) is 48.5 Å². The molecule has 1 aromatic heterocycles. The number of nitrogens with zero attached hydrogens (tertiary/aromatic N) is 1. The Labute approximate surface area is 226 Å². The van der Waals surface area contributed by atoms with Crippen LogP contribution in [0.1, 0.15) is 28.5 Å². The first-order valence-corrected chi connectivity index (χ1v) is 12.5. The molecule has 0 unspecified atom stereocenters. The zero-order valence-corrected chi connectivity index (χ0v) is 22.0. The minimum Gasteiger partial charge on any atom is -0.493 e. The van der Waals surface area contributed by atoms with Crippen LogP contribution >= 0.6 is 11.6 Å². The number of methoxy groups -OCH3 is 2. The summed E-state index contributed by atoms with van der Waals surface area (Å²) >= 11 is 6.09. The number of rotatable bonds is 11. The first kappa shape index (κ1) is 26.8. The third-order valence-electron chi connectivity index (χ3n) is 6.08. The maximum Gasteiger partial charge on any atom is 0.247 e. The van der Waals surface area contributed by atoms with E-state index in [0.717, 1.165) is 11.1 Å². The van der Waals surface area contributed by atoms with Crippen molar-refractivity contribution in [1.82, 2.24) is 10.2 Å². The Morgan fingerprint density at radius 2 is 1.61 bits per heavy atom. The Bertz CT molecular complexity index is 1340. The lowest BCUT2D eigenvalue weighted by Crippen LogP contribution is -2.43. The summed E-state index contributed by atoms with van der Waals surface area (Å²) in [6.07, 6.45) is 1.61. The Morgan fingerprint density at radius 3 is 2.26 bits per heavy atom. The number of hydrogen-bond donors (Lipinski definition) is 1. The van der Waals surface area contributed by atoms with Crippen LogP contribution in [-0.2, 0) is 29.1 Å². The number of benzene rings is 3. The van der Waals surface area contributed by atoms with Gasteiger partial charge in [-0.1, -0.05) is 60.1 Å². The predicted octanol–water partition coefficient (Wildman–Crippen LogP) is 5.58. The molecule has 1 N–H and O–H groups in total. The molecule has 0 aliphatic heterocycles. The summed E-state index contributed by atoms with van der Waals surface area (Å²) in [7, 11) is 3.10. The normalized spacial score (nSPS) is 11.4. The van der Waals surface area contributed by atoms with Crippen LogP contribution < -0.4 is 14.8 Å². The molecule has 1 heterocycles. The van der Waals surface area contributed by atoms with Crippen molar-refractivity contribution in [2.75, 3.05) is 14.2 Å². The molecule has 0 spiro atoms. The Balaban J connectivity index is 1.68. The fourth-order valence-electron chi connectivity index (χ4n) is 4.17. The largest absolute Gasteiger partial charge is 0.493 e. The molecular weight excluding hydrogens is 504 g/mol. The minimum absolute atomic E-state index is 0.0583. The van der Waals surface area contributed by atoms with Crippen LogP contribution in [0.5, 0.6) is 11.5 Å². The quantitative estimate of drug-likeness (QED) is 0.273. The van der Waals surface area contributed by atoms with Gasteiger partial charge in [0.15, 0.2) is 11.5 Å². The zero-order chi connectivity index (χ0) is 26.9. The van der Waals surface area contributed by atoms with Crippen molar-refractivity contribution < 1.29 is 23.5 Å². The molecule has 0 bridgehead atoms. The molecule has 0 fully saturated rings. The van der Waals surface area contributed by atoms with Crippen LogP contribution in [0.2, 0.25) is 5.02 Å². The van der Waals surface area contributed by atoms with Gasteiger partial charge in [0.1, 0.15) is 11.8 Å². The number of ether oxygens (including phenoxy) is 2. The maximum absolute atomic E-state index is 13.9. The number of furan rings is 1. The van der Waals surface area contributed by atoms with Crippen molar-refractivity contribution in [3.05, 3.63) is 119 Å². The highest BCUT2D eigenvalue weighted by Crippen LogP contribution is 2.29. The molecular formula is C30H29ClN2O5. The van der Waals surface area contributed by atoms with Gasteiger partial charge in [0.25, 0.3) is 0 Å². The summed E-state index contributed by atoms with van der Waals surface area (Å²) in [5.74, 6) is 1.17. The molecule has 0 aliphatic carbocycles. The fraction of sp³-hybridized carbons (Fsp3) is 0.200. The van der Waals surface area contributed by atoms with Gasteiger partial charge >= 0.3 is 0 Å². The van der Waals surface area contributed by atoms with E-state index in [9.17, 15) is 9.59 Å². The van der Waals surface area contributed by atoms with Gasteiger partial charge in [-0.15, -0.1) is 0 Å². The monoisotopic (exact) mass is 532 g/mol. The third kappa shape index (κ3) is 6.75. The molecule has 0 saturated heterocycles. The van der Waals surface area contributed by atoms with E-state index >= 15 is 0 Å². The maximum atomic E-state index is 13.9. The van der Waals surface area contributed by atoms with Crippen LogP contribution in [0.15, 0.2) is 95.6 Å². The van der Waals surface area contributed by atoms with Gasteiger partial charge in [0.05, 0.1) is 33.4 Å². The van der Waals surface area contributed by atoms with E-state index < -0.39 is 6.04 Å². The Morgan fingerprint density at radius 1 is 0.895 bits per heavy atom. The molecule has 0 aliphatic rings. The van der Waals surface area contributed by atoms with E-state index in [1.165, 1.54) is 0 Å². The molecule has 38 heavy (non-hydrogen) atoms. The number of hydrogen-bond acceptors (Lipinski definition) is 5. The van der Waals surface area contributed by atoms with E-state index in [2.05, 4.69) is 5.32 Å². The van der Waals surface area contributed by atoms with Crippen molar-refractivity contribution in [1.29, 1.82) is 0 Å². The molecule has 1 atom stereocenters. The Hall–Kier alpha value is -4.23. The van der Waals surface area contributed by atoms with Crippen molar-refractivity contribution >= 4 is 23.4 Å². The topological polar surface area (TPSA) is 81.0 Å². The lowest BCUT2D eigenvalue weighted by molar-refractivity contribution is -0.141. The van der Waals surface area contributed by atoms with Gasteiger partial charge in [-0.2, -0.15) is 0 Å². The number of amides is 2. The highest BCUT2D eigenvalue weighted by molar-refractivity contribution is 6.30. The number of carbonyl (C=O) groups excluding carboxylic acids is 2. The highest BCUT2D eigenvalue weighted by Gasteiger charge is 2.31. The van der Waals surface area contributed by atoms with E-state index in [1.54, 1.807) is 61.8 Å². The van der Waals surface area contributed by atoms with Gasteiger partial charge in [-0.25, -0.2) is 0 Å². The van der Waals surface area contributed by atoms with Crippen molar-refractivity contribution in [3.8, 4) is 11.5 Å². The molecule has 3 aromatic carbocycles. The van der Waals surface area contributed by atoms with Crippen molar-refractivity contribution in [3.63, 3.8) is 0 Å². The SMILES string of the molecule is COc1ccc(CC(=O)N(Cc2ccc(Cl)cc2)[C@@H](C(=O)NCc2ccco2)c2ccccc2)cc1OC. The molecule has 8 heteroatoms. The van der Waals surface area contributed by atoms with Crippen LogP contribution in [0.3, 0.4) is 0 Å². The van der Waals surface area contributed by atoms with Crippen LogP contribution in [0.4, 0.5) is 0 Å². The summed E-state index contributed by atoms with van der Waals surface area (Å²) < 4.78 is 16.1. The van der Waals surface area contributed by atoms with Gasteiger partial charge in [0, 0.05) is 11.6 Å². The summed E-state index contributed by atoms with van der Waals surface area (Å²) in [4.78, 5) is 29.2. The first-order chi connectivity index (χ1) is 18.5. The lowest BCUT2D eigenvalue weighted by Gasteiger charge is -2.32. The predicted molar refractivity (Wildman–Crippen MR) is 145 cm³/mol. The molecule has 2 amide bonds. The molecule has 196 valence electrons. The summed E-state index contributed by atoms with van der Waals surface area (Å²) in [5, 5.41) is 3.52. The highest BCUT2D eigenvalue weighted by atomic mass is 35.5. The van der Waals surface area contributed by atoms with Crippen LogP contribution in [0, 0.1) is 0 Å². The van der Waals surface area contributed by atoms with Gasteiger partial charge < -0.3 is 24.1 Å². The van der Waals surface area contributed by atoms with Crippen LogP contribution in [0.25, 0.3) is 0 Å². The first-order valence-electron chi connectivity index (χ1n) is 12.1. The number of nitrogens with one attached hydrogen (secondary N) is 1. The standard InChI is InChI=1S/C30H29ClN2O5/c1-36-26-15-12-22(17-27(26)37-2)18-28(34)33(20-21-10-13-24(31)14-11-21)29(23-7-4-3-5-8-23)30(35)32-19-25-9-6-16-38-25/h3-17,29H,18-20H2,1-2H3,(H,32,35)/t29-/m1/s1. The van der Waals surface area contributed by atoms with E-state index in [0.29, 0.717) is 27.8 Å². The summed E-state index contributed by atoms with van der Waals surface area (Å²) in [6.45, 7) is 0.408. The van der Waals surface area contributed by atoms with Gasteiger partial charge in [0.2, 0.25) is 11.8 Å². The summed E-state index contributed by atoms with van der Waals surface area (Å²) in [6, 6.07) is 24.5. The second kappa shape index (κ2) is 12.8. The average molecular weight is 533 g/mol. The second-order valence-electron chi connectivity index (χ2n) is 8.62. The minimum atomic E-state index is -0.880. The molecule has 0 saturated carbocycles. The molecule has 4 rings (SSSR count). The van der Waals surface area contributed by atoms with E-state index in [4.69, 9.17) is 25.5 Å².